The molecule has 1 aliphatic rings. The minimum atomic E-state index is 0.0120. The Hall–Kier alpha value is -4.06. The summed E-state index contributed by atoms with van der Waals surface area (Å²) in [7, 11) is 0. The Morgan fingerprint density at radius 1 is 0.565 bits per heavy atom. The summed E-state index contributed by atoms with van der Waals surface area (Å²) >= 11 is 12.4. The highest BCUT2D eigenvalue weighted by Crippen LogP contribution is 2.37. The second kappa shape index (κ2) is 10.8. The van der Waals surface area contributed by atoms with Crippen molar-refractivity contribution in [3.63, 3.8) is 0 Å². The molecular weight excluding hydrogens is 597 g/mol. The zero-order valence-electron chi connectivity index (χ0n) is 27.1. The van der Waals surface area contributed by atoms with Crippen molar-refractivity contribution in [1.82, 2.24) is 4.40 Å². The quantitative estimate of drug-likeness (QED) is 0.0829. The van der Waals surface area contributed by atoms with Gasteiger partial charge in [0.1, 0.15) is 11.5 Å². The molecule has 5 aromatic carbocycles. The van der Waals surface area contributed by atoms with Gasteiger partial charge in [-0.2, -0.15) is 0 Å². The summed E-state index contributed by atoms with van der Waals surface area (Å²) in [6.45, 7) is 13.9. The molecule has 0 atom stereocenters. The van der Waals surface area contributed by atoms with E-state index in [-0.39, 0.29) is 6.71 Å². The highest BCUT2D eigenvalue weighted by atomic mass is 32.1. The van der Waals surface area contributed by atoms with Gasteiger partial charge in [0.2, 0.25) is 0 Å². The maximum atomic E-state index is 6.84. The van der Waals surface area contributed by atoms with E-state index in [1.165, 1.54) is 33.1 Å². The van der Waals surface area contributed by atoms with Crippen molar-refractivity contribution in [2.45, 2.75) is 59.3 Å². The molecule has 8 rings (SSSR count). The van der Waals surface area contributed by atoms with Crippen molar-refractivity contribution in [3.05, 3.63) is 117 Å². The normalized spacial score (nSPS) is 13.0. The SMILES string of the molecule is CC(C)c1cc(C(C)C)c(B2c3ccccc3Oc3cc4c(cc32)c(=S)c2cccc3c(=S)c5ccccc5n4c32)c(C(C)C)c1. The first-order valence-electron chi connectivity index (χ1n) is 16.4. The van der Waals surface area contributed by atoms with Crippen LogP contribution in [-0.4, -0.2) is 11.1 Å². The third-order valence-electron chi connectivity index (χ3n) is 9.98. The van der Waals surface area contributed by atoms with Crippen molar-refractivity contribution in [3.8, 4) is 11.5 Å². The van der Waals surface area contributed by atoms with Gasteiger partial charge in [-0.25, -0.2) is 0 Å². The predicted molar refractivity (Wildman–Crippen MR) is 203 cm³/mol. The van der Waals surface area contributed by atoms with Gasteiger partial charge >= 0.3 is 0 Å². The molecule has 0 saturated heterocycles. The molecule has 2 nitrogen and oxygen atoms in total. The third-order valence-corrected chi connectivity index (χ3v) is 10.9. The van der Waals surface area contributed by atoms with Gasteiger partial charge in [0.25, 0.3) is 6.71 Å². The number of para-hydroxylation sites is 3. The lowest BCUT2D eigenvalue weighted by Crippen LogP contribution is -2.57. The van der Waals surface area contributed by atoms with E-state index in [1.54, 1.807) is 0 Å². The molecule has 0 amide bonds. The largest absolute Gasteiger partial charge is 0.458 e. The summed E-state index contributed by atoms with van der Waals surface area (Å²) in [5, 5.41) is 4.23. The van der Waals surface area contributed by atoms with Crippen LogP contribution in [0, 0.1) is 9.02 Å². The Bertz CT molecular complexity index is 2460. The molecule has 0 unspecified atom stereocenters. The zero-order valence-corrected chi connectivity index (χ0v) is 28.8. The smallest absolute Gasteiger partial charge is 0.251 e. The van der Waals surface area contributed by atoms with Gasteiger partial charge in [0.15, 0.2) is 0 Å². The van der Waals surface area contributed by atoms with E-state index >= 15 is 0 Å². The number of fused-ring (bicyclic) bond motifs is 6. The van der Waals surface area contributed by atoms with Gasteiger partial charge in [-0.05, 0) is 57.5 Å². The van der Waals surface area contributed by atoms with E-state index in [2.05, 4.69) is 137 Å². The van der Waals surface area contributed by atoms with Gasteiger partial charge in [0.05, 0.1) is 25.6 Å². The summed E-state index contributed by atoms with van der Waals surface area (Å²) in [5.74, 6) is 2.98. The summed E-state index contributed by atoms with van der Waals surface area (Å²) in [6, 6.07) is 32.9. The second-order valence-electron chi connectivity index (χ2n) is 13.8. The van der Waals surface area contributed by atoms with E-state index < -0.39 is 0 Å². The Labute approximate surface area is 281 Å². The minimum Gasteiger partial charge on any atom is -0.458 e. The highest BCUT2D eigenvalue weighted by molar-refractivity contribution is 7.72. The zero-order chi connectivity index (χ0) is 32.0. The van der Waals surface area contributed by atoms with Crippen LogP contribution in [0.1, 0.15) is 76.0 Å². The molecule has 0 aliphatic carbocycles. The Morgan fingerprint density at radius 2 is 1.17 bits per heavy atom. The van der Waals surface area contributed by atoms with E-state index in [0.717, 1.165) is 58.6 Å². The van der Waals surface area contributed by atoms with Crippen LogP contribution >= 0.6 is 24.4 Å². The number of rotatable bonds is 4. The first-order valence-corrected chi connectivity index (χ1v) is 17.2. The molecule has 0 N–H and O–H groups in total. The summed E-state index contributed by atoms with van der Waals surface area (Å²) < 4.78 is 10.9. The van der Waals surface area contributed by atoms with Gasteiger partial charge in [0, 0.05) is 27.6 Å². The number of hydrogen-bond donors (Lipinski definition) is 0. The van der Waals surface area contributed by atoms with Crippen molar-refractivity contribution in [2.24, 2.45) is 0 Å². The first kappa shape index (κ1) is 29.4. The fourth-order valence-corrected chi connectivity index (χ4v) is 8.36. The molecule has 2 aromatic heterocycles. The summed E-state index contributed by atoms with van der Waals surface area (Å²) in [5.41, 5.74) is 11.2. The van der Waals surface area contributed by atoms with Crippen LogP contribution in [-0.2, 0) is 0 Å². The standard InChI is InChI=1S/C41H36BNOS2/c1-22(2)25-18-29(23(3)4)38(30(19-25)24(5)6)42-32-15-8-10-17-36(32)44-37-21-35-31(20-33(37)42)41(46)28-14-11-13-27-39(28)43(35)34-16-9-7-12-26(34)40(27)45/h7-24H,1-6H3. The molecule has 46 heavy (non-hydrogen) atoms. The highest BCUT2D eigenvalue weighted by Gasteiger charge is 2.37. The Kier molecular flexibility index (Phi) is 6.86. The van der Waals surface area contributed by atoms with Crippen LogP contribution in [0.25, 0.3) is 38.1 Å². The van der Waals surface area contributed by atoms with Crippen LogP contribution in [0.2, 0.25) is 0 Å². The van der Waals surface area contributed by atoms with E-state index in [9.17, 15) is 0 Å². The van der Waals surface area contributed by atoms with Crippen molar-refractivity contribution < 1.29 is 4.74 Å². The van der Waals surface area contributed by atoms with Gasteiger partial charge in [-0.15, -0.1) is 0 Å². The van der Waals surface area contributed by atoms with E-state index in [1.807, 2.05) is 0 Å². The summed E-state index contributed by atoms with van der Waals surface area (Å²) in [6.07, 6.45) is 0. The average molecular weight is 634 g/mol. The number of pyridine rings is 2. The van der Waals surface area contributed by atoms with Crippen LogP contribution in [0.15, 0.2) is 91.0 Å². The Balaban J connectivity index is 1.54. The van der Waals surface area contributed by atoms with Gasteiger partial charge in [-0.3, -0.25) is 0 Å². The molecule has 3 heterocycles. The topological polar surface area (TPSA) is 13.6 Å². The molecule has 226 valence electrons. The fourth-order valence-electron chi connectivity index (χ4n) is 7.69. The molecular formula is C41H36BNOS2. The fraction of sp³-hybridized carbons (Fsp3) is 0.220. The molecule has 0 radical (unpaired) electrons. The Morgan fingerprint density at radius 3 is 1.85 bits per heavy atom. The van der Waals surface area contributed by atoms with E-state index in [0.29, 0.717) is 17.8 Å². The molecule has 1 aliphatic heterocycles. The first-order chi connectivity index (χ1) is 22.2. The summed E-state index contributed by atoms with van der Waals surface area (Å²) in [4.78, 5) is 0. The lowest BCUT2D eigenvalue weighted by atomic mass is 9.33. The monoisotopic (exact) mass is 633 g/mol. The second-order valence-corrected chi connectivity index (χ2v) is 14.6. The molecule has 0 spiro atoms. The van der Waals surface area contributed by atoms with Crippen LogP contribution in [0.5, 0.6) is 11.5 Å². The maximum absolute atomic E-state index is 6.84. The minimum absolute atomic E-state index is 0.0120. The number of aromatic nitrogens is 1. The van der Waals surface area contributed by atoms with Crippen LogP contribution in [0.4, 0.5) is 0 Å². The molecule has 7 aromatic rings. The predicted octanol–water partition coefficient (Wildman–Crippen LogP) is 10.3. The van der Waals surface area contributed by atoms with E-state index in [4.69, 9.17) is 29.2 Å². The average Bonchev–Trinajstić information content (AvgIpc) is 3.05. The van der Waals surface area contributed by atoms with Gasteiger partial charge in [-0.1, -0.05) is 144 Å². The number of nitrogens with zero attached hydrogens (tertiary/aromatic N) is 1. The molecule has 0 saturated carbocycles. The molecule has 0 bridgehead atoms. The molecule has 0 fully saturated rings. The van der Waals surface area contributed by atoms with Gasteiger partial charge < -0.3 is 9.14 Å². The molecule has 5 heteroatoms. The van der Waals surface area contributed by atoms with Crippen molar-refractivity contribution in [2.75, 3.05) is 0 Å². The lowest BCUT2D eigenvalue weighted by molar-refractivity contribution is 0.488. The van der Waals surface area contributed by atoms with Crippen LogP contribution < -0.4 is 21.1 Å². The maximum Gasteiger partial charge on any atom is 0.251 e. The lowest BCUT2D eigenvalue weighted by Gasteiger charge is -2.32. The number of ether oxygens (including phenoxy) is 1. The van der Waals surface area contributed by atoms with Crippen LogP contribution in [0.3, 0.4) is 0 Å². The number of benzene rings is 5. The third kappa shape index (κ3) is 4.21. The number of hydrogen-bond acceptors (Lipinski definition) is 3. The van der Waals surface area contributed by atoms with Crippen molar-refractivity contribution in [1.29, 1.82) is 0 Å². The van der Waals surface area contributed by atoms with Crippen molar-refractivity contribution >= 4 is 85.6 Å².